The molecule has 0 N–H and O–H groups in total. The highest BCUT2D eigenvalue weighted by molar-refractivity contribution is 6.00. The van der Waals surface area contributed by atoms with E-state index in [1.54, 1.807) is 0 Å². The predicted molar refractivity (Wildman–Crippen MR) is 76.1 cm³/mol. The number of fused-ring (bicyclic) bond motifs is 1. The molecule has 18 heavy (non-hydrogen) atoms. The molecule has 94 valence electrons. The van der Waals surface area contributed by atoms with Crippen molar-refractivity contribution in [3.8, 4) is 0 Å². The van der Waals surface area contributed by atoms with Crippen molar-refractivity contribution in [2.24, 2.45) is 0 Å². The van der Waals surface area contributed by atoms with Crippen LogP contribution in [0.25, 0.3) is 10.8 Å². The standard InChI is InChI=1S/C16H19NO/c1-3-17(2)11-10-16(18)15-9-8-13-6-4-5-7-14(13)12-15/h4-9,12H,3,10-11H2,1-2H3. The SMILES string of the molecule is CCN(C)CCC(=O)c1ccc2ccccc2c1. The Kier molecular flexibility index (Phi) is 4.11. The van der Waals surface area contributed by atoms with Gasteiger partial charge in [-0.25, -0.2) is 0 Å². The molecule has 0 aliphatic rings. The number of hydrogen-bond acceptors (Lipinski definition) is 2. The molecule has 0 atom stereocenters. The van der Waals surface area contributed by atoms with E-state index in [1.807, 2.05) is 43.4 Å². The van der Waals surface area contributed by atoms with Crippen molar-refractivity contribution in [1.82, 2.24) is 4.90 Å². The fourth-order valence-electron chi connectivity index (χ4n) is 1.96. The summed E-state index contributed by atoms with van der Waals surface area (Å²) < 4.78 is 0. The molecular formula is C16H19NO. The molecule has 2 heteroatoms. The van der Waals surface area contributed by atoms with Gasteiger partial charge >= 0.3 is 0 Å². The molecular weight excluding hydrogens is 222 g/mol. The number of carbonyl (C=O) groups excluding carboxylic acids is 1. The third-order valence-electron chi connectivity index (χ3n) is 3.33. The van der Waals surface area contributed by atoms with Gasteiger partial charge < -0.3 is 4.90 Å². The number of hydrogen-bond donors (Lipinski definition) is 0. The second-order valence-electron chi connectivity index (χ2n) is 4.63. The van der Waals surface area contributed by atoms with Crippen LogP contribution >= 0.6 is 0 Å². The molecule has 0 unspecified atom stereocenters. The Hall–Kier alpha value is -1.67. The lowest BCUT2D eigenvalue weighted by Gasteiger charge is -2.12. The monoisotopic (exact) mass is 241 g/mol. The number of carbonyl (C=O) groups is 1. The zero-order chi connectivity index (χ0) is 13.0. The molecule has 0 aromatic heterocycles. The summed E-state index contributed by atoms with van der Waals surface area (Å²) in [5.41, 5.74) is 0.818. The predicted octanol–water partition coefficient (Wildman–Crippen LogP) is 3.36. The van der Waals surface area contributed by atoms with E-state index >= 15 is 0 Å². The first-order valence-electron chi connectivity index (χ1n) is 6.41. The van der Waals surface area contributed by atoms with Crippen molar-refractivity contribution >= 4 is 16.6 Å². The highest BCUT2D eigenvalue weighted by Gasteiger charge is 2.07. The van der Waals surface area contributed by atoms with Crippen molar-refractivity contribution in [1.29, 1.82) is 0 Å². The van der Waals surface area contributed by atoms with Gasteiger partial charge in [-0.3, -0.25) is 4.79 Å². The summed E-state index contributed by atoms with van der Waals surface area (Å²) in [5, 5.41) is 2.31. The van der Waals surface area contributed by atoms with E-state index in [0.29, 0.717) is 6.42 Å². The highest BCUT2D eigenvalue weighted by atomic mass is 16.1. The Balaban J connectivity index is 2.13. The van der Waals surface area contributed by atoms with Gasteiger partial charge in [-0.05, 0) is 30.4 Å². The van der Waals surface area contributed by atoms with E-state index in [1.165, 1.54) is 5.39 Å². The molecule has 0 aliphatic heterocycles. The fraction of sp³-hybridized carbons (Fsp3) is 0.312. The van der Waals surface area contributed by atoms with Crippen LogP contribution in [0.2, 0.25) is 0 Å². The normalized spacial score (nSPS) is 11.1. The summed E-state index contributed by atoms with van der Waals surface area (Å²) in [6.45, 7) is 3.90. The first-order valence-corrected chi connectivity index (χ1v) is 6.41. The van der Waals surface area contributed by atoms with Crippen LogP contribution in [0.5, 0.6) is 0 Å². The minimum atomic E-state index is 0.223. The molecule has 2 rings (SSSR count). The van der Waals surface area contributed by atoms with Crippen molar-refractivity contribution < 1.29 is 4.79 Å². The van der Waals surface area contributed by atoms with Crippen LogP contribution in [0.3, 0.4) is 0 Å². The molecule has 0 amide bonds. The fourth-order valence-corrected chi connectivity index (χ4v) is 1.96. The minimum Gasteiger partial charge on any atom is -0.306 e. The molecule has 0 radical (unpaired) electrons. The summed E-state index contributed by atoms with van der Waals surface area (Å²) in [5.74, 6) is 0.223. The number of nitrogens with zero attached hydrogens (tertiary/aromatic N) is 1. The number of benzene rings is 2. The Morgan fingerprint density at radius 3 is 2.56 bits per heavy atom. The molecule has 0 spiro atoms. The summed E-state index contributed by atoms with van der Waals surface area (Å²) in [7, 11) is 2.04. The summed E-state index contributed by atoms with van der Waals surface area (Å²) >= 11 is 0. The van der Waals surface area contributed by atoms with Crippen molar-refractivity contribution in [3.63, 3.8) is 0 Å². The molecule has 0 heterocycles. The molecule has 0 saturated carbocycles. The maximum atomic E-state index is 12.1. The van der Waals surface area contributed by atoms with Gasteiger partial charge in [0.2, 0.25) is 0 Å². The van der Waals surface area contributed by atoms with Crippen molar-refractivity contribution in [3.05, 3.63) is 48.0 Å². The van der Waals surface area contributed by atoms with Gasteiger partial charge in [0.05, 0.1) is 0 Å². The summed E-state index contributed by atoms with van der Waals surface area (Å²) in [4.78, 5) is 14.2. The largest absolute Gasteiger partial charge is 0.306 e. The van der Waals surface area contributed by atoms with Crippen molar-refractivity contribution in [2.75, 3.05) is 20.1 Å². The van der Waals surface area contributed by atoms with Crippen molar-refractivity contribution in [2.45, 2.75) is 13.3 Å². The first kappa shape index (κ1) is 12.8. The third kappa shape index (κ3) is 2.96. The smallest absolute Gasteiger partial charge is 0.164 e. The summed E-state index contributed by atoms with van der Waals surface area (Å²) in [6.07, 6.45) is 0.586. The molecule has 0 aliphatic carbocycles. The quantitative estimate of drug-likeness (QED) is 0.748. The Morgan fingerprint density at radius 1 is 1.11 bits per heavy atom. The lowest BCUT2D eigenvalue weighted by molar-refractivity contribution is 0.0970. The van der Waals surface area contributed by atoms with E-state index in [0.717, 1.165) is 24.0 Å². The van der Waals surface area contributed by atoms with Crippen LogP contribution < -0.4 is 0 Å². The Bertz CT molecular complexity index is 548. The van der Waals surface area contributed by atoms with Crippen LogP contribution in [0.4, 0.5) is 0 Å². The molecule has 0 saturated heterocycles. The van der Waals surface area contributed by atoms with Gasteiger partial charge in [0.15, 0.2) is 5.78 Å². The molecule has 2 aromatic rings. The average Bonchev–Trinajstić information content (AvgIpc) is 2.43. The zero-order valence-electron chi connectivity index (χ0n) is 11.0. The van der Waals surface area contributed by atoms with Gasteiger partial charge in [-0.1, -0.05) is 43.3 Å². The Labute approximate surface area is 108 Å². The van der Waals surface area contributed by atoms with Gasteiger partial charge in [0.25, 0.3) is 0 Å². The maximum absolute atomic E-state index is 12.1. The van der Waals surface area contributed by atoms with E-state index in [2.05, 4.69) is 17.9 Å². The average molecular weight is 241 g/mol. The lowest BCUT2D eigenvalue weighted by atomic mass is 10.0. The Morgan fingerprint density at radius 2 is 1.83 bits per heavy atom. The molecule has 2 nitrogen and oxygen atoms in total. The number of Topliss-reactive ketones (excluding diaryl/α,β-unsaturated/α-hetero) is 1. The third-order valence-corrected chi connectivity index (χ3v) is 3.33. The molecule has 2 aromatic carbocycles. The number of ketones is 1. The van der Waals surface area contributed by atoms with Gasteiger partial charge in [-0.2, -0.15) is 0 Å². The lowest BCUT2D eigenvalue weighted by Crippen LogP contribution is -2.21. The van der Waals surface area contributed by atoms with Crippen LogP contribution in [0, 0.1) is 0 Å². The van der Waals surface area contributed by atoms with Crippen LogP contribution in [-0.4, -0.2) is 30.8 Å². The minimum absolute atomic E-state index is 0.223. The summed E-state index contributed by atoms with van der Waals surface area (Å²) in [6, 6.07) is 14.1. The number of rotatable bonds is 5. The zero-order valence-corrected chi connectivity index (χ0v) is 11.0. The van der Waals surface area contributed by atoms with Crippen LogP contribution in [-0.2, 0) is 0 Å². The maximum Gasteiger partial charge on any atom is 0.164 e. The van der Waals surface area contributed by atoms with E-state index in [9.17, 15) is 4.79 Å². The molecule has 0 bridgehead atoms. The van der Waals surface area contributed by atoms with E-state index < -0.39 is 0 Å². The van der Waals surface area contributed by atoms with E-state index in [4.69, 9.17) is 0 Å². The van der Waals surface area contributed by atoms with Crippen LogP contribution in [0.1, 0.15) is 23.7 Å². The second-order valence-corrected chi connectivity index (χ2v) is 4.63. The highest BCUT2D eigenvalue weighted by Crippen LogP contribution is 2.16. The van der Waals surface area contributed by atoms with E-state index in [-0.39, 0.29) is 5.78 Å². The van der Waals surface area contributed by atoms with Gasteiger partial charge in [-0.15, -0.1) is 0 Å². The first-order chi connectivity index (χ1) is 8.70. The topological polar surface area (TPSA) is 20.3 Å². The second kappa shape index (κ2) is 5.78. The van der Waals surface area contributed by atoms with Gasteiger partial charge in [0, 0.05) is 18.5 Å². The molecule has 0 fully saturated rings. The van der Waals surface area contributed by atoms with Crippen LogP contribution in [0.15, 0.2) is 42.5 Å². The van der Waals surface area contributed by atoms with Gasteiger partial charge in [0.1, 0.15) is 0 Å².